The van der Waals surface area contributed by atoms with E-state index in [2.05, 4.69) is 5.32 Å². The molecular formula is C21H21N3O4S. The maximum absolute atomic E-state index is 13.0. The molecule has 0 unspecified atom stereocenters. The number of hydrogen-bond donors (Lipinski definition) is 1. The second kappa shape index (κ2) is 8.08. The molecule has 0 spiro atoms. The number of thioether (sulfide) groups is 1. The van der Waals surface area contributed by atoms with E-state index >= 15 is 0 Å². The van der Waals surface area contributed by atoms with Crippen LogP contribution in [0.25, 0.3) is 5.69 Å². The number of carbonyl (C=O) groups is 1. The van der Waals surface area contributed by atoms with E-state index in [1.165, 1.54) is 0 Å². The first-order valence-electron chi connectivity index (χ1n) is 9.01. The number of carbonyl (C=O) groups excluding carboxylic acids is 1. The Morgan fingerprint density at radius 1 is 1.00 bits per heavy atom. The van der Waals surface area contributed by atoms with E-state index in [0.29, 0.717) is 22.9 Å². The van der Waals surface area contributed by atoms with E-state index < -0.39 is 0 Å². The minimum Gasteiger partial charge on any atom is -0.497 e. The predicted molar refractivity (Wildman–Crippen MR) is 113 cm³/mol. The summed E-state index contributed by atoms with van der Waals surface area (Å²) >= 11 is 1.78. The Morgan fingerprint density at radius 3 is 2.45 bits per heavy atom. The van der Waals surface area contributed by atoms with Crippen LogP contribution < -0.4 is 19.5 Å². The van der Waals surface area contributed by atoms with Crippen LogP contribution in [0, 0.1) is 0 Å². The molecule has 2 aromatic carbocycles. The normalized spacial score (nSPS) is 12.4. The molecule has 1 N–H and O–H groups in total. The van der Waals surface area contributed by atoms with Crippen molar-refractivity contribution in [3.8, 4) is 22.9 Å². The molecule has 8 heteroatoms. The lowest BCUT2D eigenvalue weighted by molar-refractivity contribution is 0.102. The number of amides is 1. The van der Waals surface area contributed by atoms with Crippen LogP contribution in [-0.2, 0) is 11.5 Å². The van der Waals surface area contributed by atoms with Gasteiger partial charge in [-0.1, -0.05) is 0 Å². The van der Waals surface area contributed by atoms with Gasteiger partial charge >= 0.3 is 0 Å². The summed E-state index contributed by atoms with van der Waals surface area (Å²) in [6.45, 7) is 0. The highest BCUT2D eigenvalue weighted by Crippen LogP contribution is 2.36. The van der Waals surface area contributed by atoms with E-state index in [1.807, 2.05) is 24.3 Å². The molecule has 0 bridgehead atoms. The highest BCUT2D eigenvalue weighted by atomic mass is 32.2. The zero-order valence-electron chi connectivity index (χ0n) is 16.4. The van der Waals surface area contributed by atoms with Crippen molar-refractivity contribution in [2.45, 2.75) is 11.5 Å². The summed E-state index contributed by atoms with van der Waals surface area (Å²) in [5.74, 6) is 3.94. The van der Waals surface area contributed by atoms with Gasteiger partial charge in [0.25, 0.3) is 5.91 Å². The summed E-state index contributed by atoms with van der Waals surface area (Å²) in [5.41, 5.74) is 3.38. The molecule has 7 nitrogen and oxygen atoms in total. The van der Waals surface area contributed by atoms with Crippen molar-refractivity contribution in [1.82, 2.24) is 9.78 Å². The maximum atomic E-state index is 13.0. The highest BCUT2D eigenvalue weighted by molar-refractivity contribution is 7.98. The van der Waals surface area contributed by atoms with Crippen LogP contribution in [0.4, 0.5) is 5.82 Å². The Kier molecular flexibility index (Phi) is 5.35. The summed E-state index contributed by atoms with van der Waals surface area (Å²) in [6, 6.07) is 12.7. The van der Waals surface area contributed by atoms with E-state index in [9.17, 15) is 4.79 Å². The largest absolute Gasteiger partial charge is 0.497 e. The number of hydrogen-bond acceptors (Lipinski definition) is 6. The quantitative estimate of drug-likeness (QED) is 0.663. The van der Waals surface area contributed by atoms with Crippen LogP contribution in [0.15, 0.2) is 42.5 Å². The van der Waals surface area contributed by atoms with Gasteiger partial charge in [-0.15, -0.1) is 0 Å². The molecule has 0 saturated carbocycles. The maximum Gasteiger partial charge on any atom is 0.256 e. The third-order valence-corrected chi connectivity index (χ3v) is 5.72. The summed E-state index contributed by atoms with van der Waals surface area (Å²) in [5, 5.41) is 7.76. The SMILES string of the molecule is COc1ccc(-n2nc3c(c2NC(=O)c2ccc(OC)c(OC)c2)CSC3)cc1. The lowest BCUT2D eigenvalue weighted by Gasteiger charge is -2.13. The van der Waals surface area contributed by atoms with Crippen molar-refractivity contribution >= 4 is 23.5 Å². The van der Waals surface area contributed by atoms with Gasteiger partial charge in [0.05, 0.1) is 32.7 Å². The van der Waals surface area contributed by atoms with Crippen LogP contribution in [0.5, 0.6) is 17.2 Å². The number of aromatic nitrogens is 2. The smallest absolute Gasteiger partial charge is 0.256 e. The number of ether oxygens (including phenoxy) is 3. The van der Waals surface area contributed by atoms with Gasteiger partial charge in [0.2, 0.25) is 0 Å². The summed E-state index contributed by atoms with van der Waals surface area (Å²) in [6.07, 6.45) is 0. The Hall–Kier alpha value is -3.13. The number of fused-ring (bicyclic) bond motifs is 1. The molecule has 0 saturated heterocycles. The summed E-state index contributed by atoms with van der Waals surface area (Å²) in [7, 11) is 4.73. The molecular weight excluding hydrogens is 390 g/mol. The van der Waals surface area contributed by atoms with E-state index in [1.54, 1.807) is 56.0 Å². The number of anilines is 1. The molecule has 29 heavy (non-hydrogen) atoms. The second-order valence-corrected chi connectivity index (χ2v) is 7.39. The van der Waals surface area contributed by atoms with Crippen molar-refractivity contribution in [2.75, 3.05) is 26.6 Å². The van der Waals surface area contributed by atoms with Crippen molar-refractivity contribution in [1.29, 1.82) is 0 Å². The van der Waals surface area contributed by atoms with E-state index in [4.69, 9.17) is 19.3 Å². The molecule has 0 aliphatic carbocycles. The lowest BCUT2D eigenvalue weighted by atomic mass is 10.2. The first-order chi connectivity index (χ1) is 14.1. The van der Waals surface area contributed by atoms with Gasteiger partial charge in [-0.3, -0.25) is 4.79 Å². The molecule has 0 radical (unpaired) electrons. The number of benzene rings is 2. The predicted octanol–water partition coefficient (Wildman–Crippen LogP) is 3.90. The molecule has 1 aliphatic rings. The molecule has 1 aliphatic heterocycles. The average molecular weight is 411 g/mol. The fourth-order valence-corrected chi connectivity index (χ4v) is 4.24. The molecule has 1 amide bonds. The molecule has 0 fully saturated rings. The third kappa shape index (κ3) is 3.63. The van der Waals surface area contributed by atoms with Crippen LogP contribution in [0.1, 0.15) is 21.6 Å². The van der Waals surface area contributed by atoms with Crippen LogP contribution in [0.3, 0.4) is 0 Å². The topological polar surface area (TPSA) is 74.6 Å². The van der Waals surface area contributed by atoms with Crippen molar-refractivity contribution in [3.05, 3.63) is 59.3 Å². The van der Waals surface area contributed by atoms with Crippen molar-refractivity contribution < 1.29 is 19.0 Å². The molecule has 150 valence electrons. The monoisotopic (exact) mass is 411 g/mol. The zero-order valence-corrected chi connectivity index (χ0v) is 17.2. The fourth-order valence-electron chi connectivity index (χ4n) is 3.21. The summed E-state index contributed by atoms with van der Waals surface area (Å²) < 4.78 is 17.6. The fraction of sp³-hybridized carbons (Fsp3) is 0.238. The lowest BCUT2D eigenvalue weighted by Crippen LogP contribution is -2.16. The van der Waals surface area contributed by atoms with Gasteiger partial charge in [0.1, 0.15) is 11.6 Å². The first kappa shape index (κ1) is 19.2. The van der Waals surface area contributed by atoms with Gasteiger partial charge in [0.15, 0.2) is 11.5 Å². The first-order valence-corrected chi connectivity index (χ1v) is 10.2. The molecule has 2 heterocycles. The molecule has 4 rings (SSSR count). The third-order valence-electron chi connectivity index (χ3n) is 4.75. The van der Waals surface area contributed by atoms with Gasteiger partial charge in [-0.05, 0) is 42.5 Å². The minimum absolute atomic E-state index is 0.236. The highest BCUT2D eigenvalue weighted by Gasteiger charge is 2.25. The Labute approximate surface area is 173 Å². The number of methoxy groups -OCH3 is 3. The number of rotatable bonds is 6. The molecule has 0 atom stereocenters. The van der Waals surface area contributed by atoms with Crippen LogP contribution >= 0.6 is 11.8 Å². The zero-order chi connectivity index (χ0) is 20.4. The van der Waals surface area contributed by atoms with Crippen LogP contribution in [0.2, 0.25) is 0 Å². The molecule has 1 aromatic heterocycles. The van der Waals surface area contributed by atoms with Crippen molar-refractivity contribution in [2.24, 2.45) is 0 Å². The van der Waals surface area contributed by atoms with Gasteiger partial charge < -0.3 is 19.5 Å². The minimum atomic E-state index is -0.236. The standard InChI is InChI=1S/C21H21N3O4S/c1-26-15-7-5-14(6-8-15)24-20(16-11-29-12-17(16)23-24)22-21(25)13-4-9-18(27-2)19(10-13)28-3/h4-10H,11-12H2,1-3H3,(H,22,25). The second-order valence-electron chi connectivity index (χ2n) is 6.40. The van der Waals surface area contributed by atoms with E-state index in [0.717, 1.165) is 34.2 Å². The number of nitrogens with zero attached hydrogens (tertiary/aromatic N) is 2. The van der Waals surface area contributed by atoms with Crippen LogP contribution in [-0.4, -0.2) is 37.0 Å². The van der Waals surface area contributed by atoms with E-state index in [-0.39, 0.29) is 5.91 Å². The van der Waals surface area contributed by atoms with Gasteiger partial charge in [-0.25, -0.2) is 4.68 Å². The number of nitrogens with one attached hydrogen (secondary N) is 1. The van der Waals surface area contributed by atoms with Gasteiger partial charge in [-0.2, -0.15) is 16.9 Å². The Morgan fingerprint density at radius 2 is 1.76 bits per heavy atom. The Balaban J connectivity index is 1.68. The average Bonchev–Trinajstić information content (AvgIpc) is 3.35. The molecule has 3 aromatic rings. The van der Waals surface area contributed by atoms with Crippen molar-refractivity contribution in [3.63, 3.8) is 0 Å². The van der Waals surface area contributed by atoms with Gasteiger partial charge in [0, 0.05) is 22.6 Å². The Bertz CT molecular complexity index is 1050. The summed E-state index contributed by atoms with van der Waals surface area (Å²) in [4.78, 5) is 13.0.